The Kier molecular flexibility index (Phi) is 39.9. The molecule has 0 spiro atoms. The molecule has 0 aliphatic carbocycles. The Labute approximate surface area is 320 Å². The summed E-state index contributed by atoms with van der Waals surface area (Å²) in [6.07, 6.45) is 45.9. The van der Waals surface area contributed by atoms with E-state index >= 15 is 0 Å². The van der Waals surface area contributed by atoms with Gasteiger partial charge in [-0.25, -0.2) is 4.57 Å². The topological polar surface area (TPSA) is 117 Å². The van der Waals surface area contributed by atoms with Crippen molar-refractivity contribution >= 4 is 13.8 Å². The zero-order chi connectivity index (χ0) is 38.1. The van der Waals surface area contributed by atoms with E-state index in [4.69, 9.17) is 24.3 Å². The van der Waals surface area contributed by atoms with E-state index in [9.17, 15) is 14.3 Å². The monoisotopic (exact) mass is 756 g/mol. The minimum Gasteiger partial charge on any atom is -0.457 e. The molecule has 0 aromatic rings. The third kappa shape index (κ3) is 39.9. The molecule has 0 aliphatic rings. The molecule has 0 aromatic heterocycles. The Morgan fingerprint density at radius 3 is 1.62 bits per heavy atom. The molecule has 0 heterocycles. The highest BCUT2D eigenvalue weighted by atomic mass is 31.2. The number of carbonyl (C=O) groups is 1. The summed E-state index contributed by atoms with van der Waals surface area (Å²) in [5, 5.41) is 0. The number of ether oxygens (including phenoxy) is 2. The van der Waals surface area contributed by atoms with Crippen molar-refractivity contribution in [2.75, 3.05) is 33.0 Å². The number of nitrogens with two attached hydrogens (primary N) is 1. The highest BCUT2D eigenvalue weighted by molar-refractivity contribution is 7.47. The Balaban J connectivity index is 4.02. The standard InChI is InChI=1S/C43H82NO7P/c1-3-5-7-9-11-13-15-17-19-20-21-23-25-27-29-31-33-35-38-48-40-42(41-50-52(46,47)49-39-37-44)51-43(45)36-34-32-30-28-26-24-22-18-16-14-12-10-8-6-4-2/h6,8,12,14,18,22,42H,3-5,7,9-11,13,15-17,19-21,23-41,44H2,1-2H3,(H,46,47)/b8-6-,14-12-,22-18-/t42-/m1/s1. The summed E-state index contributed by atoms with van der Waals surface area (Å²) >= 11 is 0. The van der Waals surface area contributed by atoms with Crippen molar-refractivity contribution < 1.29 is 32.8 Å². The fourth-order valence-electron chi connectivity index (χ4n) is 5.95. The van der Waals surface area contributed by atoms with Crippen LogP contribution in [0, 0.1) is 0 Å². The van der Waals surface area contributed by atoms with Crippen molar-refractivity contribution in [3.05, 3.63) is 36.5 Å². The van der Waals surface area contributed by atoms with Gasteiger partial charge in [-0.3, -0.25) is 13.8 Å². The van der Waals surface area contributed by atoms with Crippen LogP contribution in [0.3, 0.4) is 0 Å². The van der Waals surface area contributed by atoms with Crippen LogP contribution in [0.1, 0.15) is 194 Å². The SMILES string of the molecule is CC/C=C\C/C=C\C/C=C\CCCCCCCC(=O)O[C@H](COCCCCCCCCCCCCCCCCCCCC)COP(=O)(O)OCCN. The van der Waals surface area contributed by atoms with E-state index in [0.717, 1.165) is 70.6 Å². The number of phosphoric acid groups is 1. The first-order valence-electron chi connectivity index (χ1n) is 21.5. The zero-order valence-electron chi connectivity index (χ0n) is 33.8. The van der Waals surface area contributed by atoms with E-state index in [2.05, 4.69) is 50.3 Å². The lowest BCUT2D eigenvalue weighted by Gasteiger charge is -2.20. The average Bonchev–Trinajstić information content (AvgIpc) is 3.13. The molecule has 9 heteroatoms. The summed E-state index contributed by atoms with van der Waals surface area (Å²) in [6.45, 7) is 4.81. The van der Waals surface area contributed by atoms with Crippen molar-refractivity contribution in [1.82, 2.24) is 0 Å². The number of unbranched alkanes of at least 4 members (excludes halogenated alkanes) is 22. The second kappa shape index (κ2) is 40.9. The summed E-state index contributed by atoms with van der Waals surface area (Å²) in [5.74, 6) is -0.345. The van der Waals surface area contributed by atoms with E-state index in [1.165, 1.54) is 103 Å². The first kappa shape index (κ1) is 50.7. The maximum atomic E-state index is 12.6. The second-order valence-corrected chi connectivity index (χ2v) is 15.6. The van der Waals surface area contributed by atoms with Crippen LogP contribution in [0.5, 0.6) is 0 Å². The number of rotatable bonds is 41. The summed E-state index contributed by atoms with van der Waals surface area (Å²) in [6, 6.07) is 0. The highest BCUT2D eigenvalue weighted by Crippen LogP contribution is 2.43. The number of hydrogen-bond donors (Lipinski definition) is 2. The molecule has 2 atom stereocenters. The van der Waals surface area contributed by atoms with Crippen molar-refractivity contribution in [3.63, 3.8) is 0 Å². The van der Waals surface area contributed by atoms with Crippen LogP contribution in [-0.4, -0.2) is 49.9 Å². The van der Waals surface area contributed by atoms with Gasteiger partial charge in [0.2, 0.25) is 0 Å². The van der Waals surface area contributed by atoms with E-state index in [-0.39, 0.29) is 32.3 Å². The van der Waals surface area contributed by atoms with Crippen molar-refractivity contribution in [3.8, 4) is 0 Å². The number of phosphoric ester groups is 1. The maximum absolute atomic E-state index is 12.6. The lowest BCUT2D eigenvalue weighted by Crippen LogP contribution is -2.28. The van der Waals surface area contributed by atoms with Gasteiger partial charge in [0.25, 0.3) is 0 Å². The van der Waals surface area contributed by atoms with Crippen LogP contribution < -0.4 is 5.73 Å². The van der Waals surface area contributed by atoms with Crippen LogP contribution >= 0.6 is 7.82 Å². The predicted molar refractivity (Wildman–Crippen MR) is 220 cm³/mol. The van der Waals surface area contributed by atoms with E-state index < -0.39 is 13.9 Å². The second-order valence-electron chi connectivity index (χ2n) is 14.2. The van der Waals surface area contributed by atoms with E-state index in [1.807, 2.05) is 0 Å². The molecular formula is C43H82NO7P. The summed E-state index contributed by atoms with van der Waals surface area (Å²) in [7, 11) is -4.28. The molecule has 0 bridgehead atoms. The summed E-state index contributed by atoms with van der Waals surface area (Å²) in [4.78, 5) is 22.4. The molecule has 0 aromatic carbocycles. The molecule has 1 unspecified atom stereocenters. The first-order valence-corrected chi connectivity index (χ1v) is 23.0. The van der Waals surface area contributed by atoms with Crippen LogP contribution in [0.2, 0.25) is 0 Å². The average molecular weight is 756 g/mol. The van der Waals surface area contributed by atoms with Crippen LogP contribution in [0.25, 0.3) is 0 Å². The van der Waals surface area contributed by atoms with Gasteiger partial charge in [-0.15, -0.1) is 0 Å². The van der Waals surface area contributed by atoms with Gasteiger partial charge < -0.3 is 20.1 Å². The molecule has 0 amide bonds. The molecular weight excluding hydrogens is 673 g/mol. The van der Waals surface area contributed by atoms with Crippen molar-refractivity contribution in [2.24, 2.45) is 5.73 Å². The molecule has 0 aliphatic heterocycles. The van der Waals surface area contributed by atoms with Crippen LogP contribution in [0.15, 0.2) is 36.5 Å². The molecule has 0 rings (SSSR count). The summed E-state index contributed by atoms with van der Waals surface area (Å²) < 4.78 is 33.4. The fourth-order valence-corrected chi connectivity index (χ4v) is 6.72. The minimum absolute atomic E-state index is 0.0978. The zero-order valence-corrected chi connectivity index (χ0v) is 34.7. The highest BCUT2D eigenvalue weighted by Gasteiger charge is 2.25. The molecule has 0 saturated carbocycles. The molecule has 306 valence electrons. The largest absolute Gasteiger partial charge is 0.472 e. The van der Waals surface area contributed by atoms with Gasteiger partial charge in [-0.1, -0.05) is 179 Å². The minimum atomic E-state index is -4.28. The molecule has 8 nitrogen and oxygen atoms in total. The van der Waals surface area contributed by atoms with Crippen LogP contribution in [0.4, 0.5) is 0 Å². The smallest absolute Gasteiger partial charge is 0.457 e. The van der Waals surface area contributed by atoms with Gasteiger partial charge in [-0.2, -0.15) is 0 Å². The fraction of sp³-hybridized carbons (Fsp3) is 0.837. The van der Waals surface area contributed by atoms with Gasteiger partial charge in [-0.05, 0) is 44.9 Å². The Hall–Kier alpha value is -1.28. The third-order valence-electron chi connectivity index (χ3n) is 9.07. The van der Waals surface area contributed by atoms with Crippen molar-refractivity contribution in [2.45, 2.75) is 200 Å². The van der Waals surface area contributed by atoms with Crippen LogP contribution in [-0.2, 0) is 27.9 Å². The molecule has 3 N–H and O–H groups in total. The predicted octanol–water partition coefficient (Wildman–Crippen LogP) is 12.6. The van der Waals surface area contributed by atoms with Crippen molar-refractivity contribution in [1.29, 1.82) is 0 Å². The number of allylic oxidation sites excluding steroid dienone is 6. The third-order valence-corrected chi connectivity index (χ3v) is 10.1. The number of esters is 1. The van der Waals surface area contributed by atoms with E-state index in [0.29, 0.717) is 13.0 Å². The maximum Gasteiger partial charge on any atom is 0.472 e. The Morgan fingerprint density at radius 2 is 1.08 bits per heavy atom. The lowest BCUT2D eigenvalue weighted by atomic mass is 10.0. The molecule has 52 heavy (non-hydrogen) atoms. The summed E-state index contributed by atoms with van der Waals surface area (Å²) in [5.41, 5.74) is 5.37. The first-order chi connectivity index (χ1) is 25.4. The van der Waals surface area contributed by atoms with Gasteiger partial charge >= 0.3 is 13.8 Å². The lowest BCUT2D eigenvalue weighted by molar-refractivity contribution is -0.154. The van der Waals surface area contributed by atoms with Gasteiger partial charge in [0.15, 0.2) is 0 Å². The van der Waals surface area contributed by atoms with Gasteiger partial charge in [0.1, 0.15) is 6.10 Å². The van der Waals surface area contributed by atoms with Gasteiger partial charge in [0, 0.05) is 19.6 Å². The normalized spacial score (nSPS) is 13.8. The molecule has 0 fully saturated rings. The number of hydrogen-bond acceptors (Lipinski definition) is 7. The quantitative estimate of drug-likeness (QED) is 0.0274. The van der Waals surface area contributed by atoms with E-state index in [1.54, 1.807) is 0 Å². The van der Waals surface area contributed by atoms with Gasteiger partial charge in [0.05, 0.1) is 19.8 Å². The Morgan fingerprint density at radius 1 is 0.596 bits per heavy atom. The molecule has 0 radical (unpaired) electrons. The number of carbonyl (C=O) groups excluding carboxylic acids is 1. The Bertz CT molecular complexity index is 895. The molecule has 0 saturated heterocycles.